The van der Waals surface area contributed by atoms with Crippen LogP contribution in [-0.4, -0.2) is 19.9 Å². The lowest BCUT2D eigenvalue weighted by atomic mass is 10.0. The van der Waals surface area contributed by atoms with Crippen molar-refractivity contribution in [3.63, 3.8) is 0 Å². The van der Waals surface area contributed by atoms with E-state index in [0.29, 0.717) is 13.1 Å². The molecule has 6 nitrogen and oxygen atoms in total. The highest BCUT2D eigenvalue weighted by atomic mass is 14.8. The minimum Gasteiger partial charge on any atom is -0.354 e. The third-order valence-electron chi connectivity index (χ3n) is 10.4. The van der Waals surface area contributed by atoms with Crippen molar-refractivity contribution in [2.45, 2.75) is 26.9 Å². The van der Waals surface area contributed by atoms with Crippen LogP contribution >= 0.6 is 0 Å². The Labute approximate surface area is 314 Å². The van der Waals surface area contributed by atoms with Crippen LogP contribution in [0.2, 0.25) is 0 Å². The monoisotopic (exact) mass is 700 g/mol. The molecule has 0 atom stereocenters. The Hall–Kier alpha value is -6.60. The molecule has 6 N–H and O–H groups in total. The van der Waals surface area contributed by atoms with Gasteiger partial charge in [0.2, 0.25) is 0 Å². The van der Waals surface area contributed by atoms with E-state index < -0.39 is 0 Å². The predicted octanol–water partition coefficient (Wildman–Crippen LogP) is 10.9. The molecule has 4 aromatic carbocycles. The Kier molecular flexibility index (Phi) is 8.47. The van der Waals surface area contributed by atoms with Crippen molar-refractivity contribution in [3.05, 3.63) is 166 Å². The molecule has 0 radical (unpaired) electrons. The summed E-state index contributed by atoms with van der Waals surface area (Å²) in [6.07, 6.45) is 8.52. The summed E-state index contributed by atoms with van der Waals surface area (Å²) >= 11 is 0. The van der Waals surface area contributed by atoms with Crippen LogP contribution in [0, 0.1) is 13.8 Å². The van der Waals surface area contributed by atoms with Crippen LogP contribution in [0.15, 0.2) is 121 Å². The van der Waals surface area contributed by atoms with E-state index in [-0.39, 0.29) is 0 Å². The molecule has 54 heavy (non-hydrogen) atoms. The number of nitrogens with zero attached hydrogens (tertiary/aromatic N) is 2. The second-order valence-electron chi connectivity index (χ2n) is 14.0. The normalized spacial score (nSPS) is 12.1. The minimum atomic E-state index is 0.482. The fourth-order valence-corrected chi connectivity index (χ4v) is 7.48. The first-order chi connectivity index (χ1) is 26.4. The molecule has 0 unspecified atom stereocenters. The summed E-state index contributed by atoms with van der Waals surface area (Å²) in [5.74, 6) is 0. The molecule has 0 spiro atoms. The van der Waals surface area contributed by atoms with Crippen LogP contribution in [0.25, 0.3) is 90.9 Å². The SMILES string of the molecule is Cc1ccc(-c2c3nc(c(-c4ccc(CN)cc4)c4ccc([nH]4)c(-c4ccc(C)cc4)c4nc(c(-c5ccc(CN)cc5)c5ccc2[nH]5)C=C4)C=C3)cc1. The summed E-state index contributed by atoms with van der Waals surface area (Å²) < 4.78 is 0. The number of hydrogen-bond acceptors (Lipinski definition) is 4. The summed E-state index contributed by atoms with van der Waals surface area (Å²) in [5.41, 5.74) is 32.3. The van der Waals surface area contributed by atoms with Crippen molar-refractivity contribution < 1.29 is 0 Å². The topological polar surface area (TPSA) is 109 Å². The molecule has 3 aromatic heterocycles. The number of benzene rings is 4. The summed E-state index contributed by atoms with van der Waals surface area (Å²) in [7, 11) is 0. The number of rotatable bonds is 6. The molecule has 0 saturated carbocycles. The zero-order valence-electron chi connectivity index (χ0n) is 30.3. The molecule has 0 fully saturated rings. The molecule has 8 bridgehead atoms. The highest BCUT2D eigenvalue weighted by Gasteiger charge is 2.19. The maximum atomic E-state index is 6.02. The quantitative estimate of drug-likeness (QED) is 0.138. The molecule has 0 saturated heterocycles. The zero-order valence-corrected chi connectivity index (χ0v) is 30.3. The van der Waals surface area contributed by atoms with E-state index in [1.54, 1.807) is 0 Å². The van der Waals surface area contributed by atoms with Crippen molar-refractivity contribution in [1.29, 1.82) is 0 Å². The zero-order chi connectivity index (χ0) is 36.8. The van der Waals surface area contributed by atoms with Crippen molar-refractivity contribution in [3.8, 4) is 44.5 Å². The highest BCUT2D eigenvalue weighted by Crippen LogP contribution is 2.38. The molecular formula is C48H40N6. The van der Waals surface area contributed by atoms with E-state index >= 15 is 0 Å². The first-order valence-electron chi connectivity index (χ1n) is 18.3. The lowest BCUT2D eigenvalue weighted by molar-refractivity contribution is 1.07. The van der Waals surface area contributed by atoms with E-state index in [4.69, 9.17) is 21.4 Å². The van der Waals surface area contributed by atoms with Gasteiger partial charge in [-0.2, -0.15) is 0 Å². The Morgan fingerprint density at radius 1 is 0.370 bits per heavy atom. The van der Waals surface area contributed by atoms with E-state index in [2.05, 4.69) is 169 Å². The van der Waals surface area contributed by atoms with Gasteiger partial charge in [-0.15, -0.1) is 0 Å². The first kappa shape index (κ1) is 33.3. The predicted molar refractivity (Wildman–Crippen MR) is 226 cm³/mol. The Bertz CT molecular complexity index is 2570. The Balaban J connectivity index is 1.45. The molecule has 7 aromatic rings. The van der Waals surface area contributed by atoms with Crippen molar-refractivity contribution in [2.24, 2.45) is 11.5 Å². The number of nitrogens with two attached hydrogens (primary N) is 2. The number of H-pyrrole nitrogens is 2. The highest BCUT2D eigenvalue weighted by molar-refractivity contribution is 5.99. The average Bonchev–Trinajstić information content (AvgIpc) is 4.05. The third-order valence-corrected chi connectivity index (χ3v) is 10.4. The molecule has 0 amide bonds. The summed E-state index contributed by atoms with van der Waals surface area (Å²) in [6.45, 7) is 5.19. The maximum absolute atomic E-state index is 6.02. The van der Waals surface area contributed by atoms with Gasteiger partial charge in [-0.3, -0.25) is 0 Å². The Morgan fingerprint density at radius 3 is 0.889 bits per heavy atom. The van der Waals surface area contributed by atoms with E-state index in [0.717, 1.165) is 100 Å². The van der Waals surface area contributed by atoms with E-state index in [1.807, 2.05) is 0 Å². The van der Waals surface area contributed by atoms with Gasteiger partial charge in [-0.25, -0.2) is 9.97 Å². The molecule has 6 heteroatoms. The number of aromatic amines is 2. The third kappa shape index (κ3) is 6.07. The molecule has 262 valence electrons. The molecule has 2 aliphatic heterocycles. The fourth-order valence-electron chi connectivity index (χ4n) is 7.48. The summed E-state index contributed by atoms with van der Waals surface area (Å²) in [5, 5.41) is 0. The minimum absolute atomic E-state index is 0.482. The van der Waals surface area contributed by atoms with Gasteiger partial charge in [0, 0.05) is 57.4 Å². The van der Waals surface area contributed by atoms with Gasteiger partial charge in [0.15, 0.2) is 0 Å². The van der Waals surface area contributed by atoms with Crippen LogP contribution in [0.1, 0.15) is 45.0 Å². The summed E-state index contributed by atoms with van der Waals surface area (Å²) in [6, 6.07) is 42.9. The van der Waals surface area contributed by atoms with Crippen LogP contribution < -0.4 is 11.5 Å². The van der Waals surface area contributed by atoms with Gasteiger partial charge in [0.05, 0.1) is 22.8 Å². The molecular weight excluding hydrogens is 661 g/mol. The van der Waals surface area contributed by atoms with Crippen molar-refractivity contribution in [1.82, 2.24) is 19.9 Å². The largest absolute Gasteiger partial charge is 0.354 e. The maximum Gasteiger partial charge on any atom is 0.0737 e. The number of aryl methyl sites for hydroxylation is 2. The fraction of sp³-hybridized carbons (Fsp3) is 0.0833. The smallest absolute Gasteiger partial charge is 0.0737 e. The molecule has 9 rings (SSSR count). The summed E-state index contributed by atoms with van der Waals surface area (Å²) in [4.78, 5) is 18.5. The van der Waals surface area contributed by atoms with Gasteiger partial charge in [0.25, 0.3) is 0 Å². The number of nitrogens with one attached hydrogen (secondary N) is 2. The van der Waals surface area contributed by atoms with Crippen molar-refractivity contribution >= 4 is 46.4 Å². The number of fused-ring (bicyclic) bond motifs is 8. The van der Waals surface area contributed by atoms with Crippen LogP contribution in [0.5, 0.6) is 0 Å². The van der Waals surface area contributed by atoms with Crippen molar-refractivity contribution in [2.75, 3.05) is 0 Å². The second-order valence-corrected chi connectivity index (χ2v) is 14.0. The lowest BCUT2D eigenvalue weighted by Gasteiger charge is -2.08. The first-order valence-corrected chi connectivity index (χ1v) is 18.3. The van der Waals surface area contributed by atoms with Crippen LogP contribution in [0.3, 0.4) is 0 Å². The number of aromatic nitrogens is 4. The van der Waals surface area contributed by atoms with Crippen LogP contribution in [-0.2, 0) is 13.1 Å². The van der Waals surface area contributed by atoms with Gasteiger partial charge < -0.3 is 21.4 Å². The van der Waals surface area contributed by atoms with E-state index in [9.17, 15) is 0 Å². The Morgan fingerprint density at radius 2 is 0.630 bits per heavy atom. The second kappa shape index (κ2) is 13.7. The molecule has 2 aliphatic rings. The van der Waals surface area contributed by atoms with Gasteiger partial charge in [-0.05, 0) is 95.8 Å². The number of hydrogen-bond donors (Lipinski definition) is 4. The lowest BCUT2D eigenvalue weighted by Crippen LogP contribution is -1.95. The van der Waals surface area contributed by atoms with Gasteiger partial charge in [0.1, 0.15) is 0 Å². The van der Waals surface area contributed by atoms with E-state index in [1.165, 1.54) is 11.1 Å². The standard InChI is InChI=1S/C48H40N6/c1-29-3-11-33(12-4-29)45-37-19-23-41(51-37)47(35-15-7-31(27-49)8-16-35)43-25-21-39(53-43)46(34-13-5-30(2)6-14-34)40-22-26-44(54-40)48(42-24-20-38(45)52-42)36-17-9-32(28-50)10-18-36/h3-26,51,54H,27-28,49-50H2,1-2H3. The molecule has 5 heterocycles. The van der Waals surface area contributed by atoms with Gasteiger partial charge in [-0.1, -0.05) is 108 Å². The average molecular weight is 701 g/mol. The van der Waals surface area contributed by atoms with Gasteiger partial charge >= 0.3 is 0 Å². The van der Waals surface area contributed by atoms with Crippen LogP contribution in [0.4, 0.5) is 0 Å². The molecule has 0 aliphatic carbocycles.